The molecule has 0 aliphatic carbocycles. The lowest BCUT2D eigenvalue weighted by Crippen LogP contribution is -2.25. The number of carbonyl (C=O) groups excluding carboxylic acids is 2. The monoisotopic (exact) mass is 341 g/mol. The van der Waals surface area contributed by atoms with Gasteiger partial charge in [0.1, 0.15) is 6.07 Å². The van der Waals surface area contributed by atoms with Gasteiger partial charge in [-0.25, -0.2) is 0 Å². The minimum atomic E-state index is -0.176. The average molecular weight is 342 g/mol. The number of amides is 2. The first-order valence-electron chi connectivity index (χ1n) is 7.43. The molecule has 2 amide bonds. The van der Waals surface area contributed by atoms with Gasteiger partial charge in [0.05, 0.1) is 10.6 Å². The lowest BCUT2D eigenvalue weighted by atomic mass is 10.2. The summed E-state index contributed by atoms with van der Waals surface area (Å²) in [6, 6.07) is 15.6. The second-order valence-corrected chi connectivity index (χ2v) is 5.49. The lowest BCUT2D eigenvalue weighted by Gasteiger charge is -2.07. The highest BCUT2D eigenvalue weighted by atomic mass is 35.5. The first-order valence-corrected chi connectivity index (χ1v) is 7.80. The van der Waals surface area contributed by atoms with Gasteiger partial charge in [0.2, 0.25) is 5.91 Å². The number of halogens is 1. The standard InChI is InChI=1S/C18H16ClN3O2/c19-16-11-15(9-8-14(16)12-20)22-17(23)7-4-10-21-18(24)13-5-2-1-3-6-13/h1-3,5-6,8-9,11H,4,7,10H2,(H,21,24)(H,22,23). The first-order chi connectivity index (χ1) is 11.6. The number of nitrogens with zero attached hydrogens (tertiary/aromatic N) is 1. The number of hydrogen-bond donors (Lipinski definition) is 2. The molecule has 0 bridgehead atoms. The molecule has 2 aromatic carbocycles. The summed E-state index contributed by atoms with van der Waals surface area (Å²) < 4.78 is 0. The molecule has 0 heterocycles. The fourth-order valence-corrected chi connectivity index (χ4v) is 2.27. The van der Waals surface area contributed by atoms with Gasteiger partial charge >= 0.3 is 0 Å². The van der Waals surface area contributed by atoms with Gasteiger partial charge in [-0.2, -0.15) is 5.26 Å². The van der Waals surface area contributed by atoms with Crippen LogP contribution in [0.15, 0.2) is 48.5 Å². The maximum atomic E-state index is 11.9. The zero-order valence-corrected chi connectivity index (χ0v) is 13.6. The van der Waals surface area contributed by atoms with Crippen molar-refractivity contribution in [3.8, 4) is 6.07 Å². The summed E-state index contributed by atoms with van der Waals surface area (Å²) in [6.45, 7) is 0.412. The van der Waals surface area contributed by atoms with Crippen molar-refractivity contribution in [2.45, 2.75) is 12.8 Å². The highest BCUT2D eigenvalue weighted by Crippen LogP contribution is 2.20. The zero-order chi connectivity index (χ0) is 17.4. The molecule has 0 saturated heterocycles. The van der Waals surface area contributed by atoms with Gasteiger partial charge in [0.25, 0.3) is 5.91 Å². The molecule has 6 heteroatoms. The summed E-state index contributed by atoms with van der Waals surface area (Å²) in [5, 5.41) is 14.6. The molecular formula is C18H16ClN3O2. The Hall–Kier alpha value is -2.84. The molecule has 2 N–H and O–H groups in total. The van der Waals surface area contributed by atoms with Crippen LogP contribution in [-0.4, -0.2) is 18.4 Å². The van der Waals surface area contributed by atoms with Gasteiger partial charge in [-0.1, -0.05) is 29.8 Å². The zero-order valence-electron chi connectivity index (χ0n) is 12.9. The second kappa shape index (κ2) is 8.70. The molecule has 0 unspecified atom stereocenters. The number of nitrogens with one attached hydrogen (secondary N) is 2. The molecule has 5 nitrogen and oxygen atoms in total. The molecule has 0 atom stereocenters. The quantitative estimate of drug-likeness (QED) is 0.790. The van der Waals surface area contributed by atoms with Crippen LogP contribution in [0, 0.1) is 11.3 Å². The number of nitriles is 1. The lowest BCUT2D eigenvalue weighted by molar-refractivity contribution is -0.116. The second-order valence-electron chi connectivity index (χ2n) is 5.08. The van der Waals surface area contributed by atoms with E-state index in [1.807, 2.05) is 12.1 Å². The maximum absolute atomic E-state index is 11.9. The van der Waals surface area contributed by atoms with E-state index in [0.29, 0.717) is 34.8 Å². The molecule has 0 aliphatic heterocycles. The molecule has 0 aromatic heterocycles. The van der Waals surface area contributed by atoms with Crippen molar-refractivity contribution < 1.29 is 9.59 Å². The molecule has 0 spiro atoms. The summed E-state index contributed by atoms with van der Waals surface area (Å²) in [5.74, 6) is -0.334. The Morgan fingerprint density at radius 2 is 1.88 bits per heavy atom. The Bertz CT molecular complexity index is 770. The third kappa shape index (κ3) is 5.11. The van der Waals surface area contributed by atoms with Gasteiger partial charge in [-0.05, 0) is 36.8 Å². The van der Waals surface area contributed by atoms with Crippen molar-refractivity contribution >= 4 is 29.1 Å². The number of anilines is 1. The Morgan fingerprint density at radius 1 is 1.12 bits per heavy atom. The van der Waals surface area contributed by atoms with E-state index < -0.39 is 0 Å². The molecular weight excluding hydrogens is 326 g/mol. The Morgan fingerprint density at radius 3 is 2.54 bits per heavy atom. The van der Waals surface area contributed by atoms with Crippen molar-refractivity contribution in [2.75, 3.05) is 11.9 Å². The number of carbonyl (C=O) groups is 2. The normalized spacial score (nSPS) is 9.83. The highest BCUT2D eigenvalue weighted by Gasteiger charge is 2.07. The molecule has 0 aliphatic rings. The summed E-state index contributed by atoms with van der Waals surface area (Å²) in [4.78, 5) is 23.7. The first kappa shape index (κ1) is 17.5. The molecule has 24 heavy (non-hydrogen) atoms. The van der Waals surface area contributed by atoms with Gasteiger partial charge in [0, 0.05) is 24.2 Å². The van der Waals surface area contributed by atoms with Crippen LogP contribution in [-0.2, 0) is 4.79 Å². The van der Waals surface area contributed by atoms with Gasteiger partial charge in [-0.15, -0.1) is 0 Å². The van der Waals surface area contributed by atoms with Crippen molar-refractivity contribution in [2.24, 2.45) is 0 Å². The van der Waals surface area contributed by atoms with E-state index in [4.69, 9.17) is 16.9 Å². The summed E-state index contributed by atoms with van der Waals surface area (Å²) in [6.07, 6.45) is 0.793. The van der Waals surface area contributed by atoms with Crippen LogP contribution in [0.4, 0.5) is 5.69 Å². The third-order valence-electron chi connectivity index (χ3n) is 3.28. The summed E-state index contributed by atoms with van der Waals surface area (Å²) in [7, 11) is 0. The predicted molar refractivity (Wildman–Crippen MR) is 92.8 cm³/mol. The van der Waals surface area contributed by atoms with E-state index in [0.717, 1.165) is 0 Å². The van der Waals surface area contributed by atoms with E-state index >= 15 is 0 Å². The topological polar surface area (TPSA) is 82.0 Å². The fourth-order valence-electron chi connectivity index (χ4n) is 2.05. The molecule has 0 fully saturated rings. The number of hydrogen-bond acceptors (Lipinski definition) is 3. The average Bonchev–Trinajstić information content (AvgIpc) is 2.59. The van der Waals surface area contributed by atoms with Crippen LogP contribution in [0.1, 0.15) is 28.8 Å². The minimum Gasteiger partial charge on any atom is -0.352 e. The van der Waals surface area contributed by atoms with Gasteiger partial charge < -0.3 is 10.6 Å². The number of benzene rings is 2. The Labute approximate surface area is 145 Å². The van der Waals surface area contributed by atoms with E-state index in [1.54, 1.807) is 36.4 Å². The van der Waals surface area contributed by atoms with Gasteiger partial charge in [-0.3, -0.25) is 9.59 Å². The Kier molecular flexibility index (Phi) is 6.35. The van der Waals surface area contributed by atoms with Crippen LogP contribution in [0.25, 0.3) is 0 Å². The largest absolute Gasteiger partial charge is 0.352 e. The smallest absolute Gasteiger partial charge is 0.251 e. The van der Waals surface area contributed by atoms with E-state index in [9.17, 15) is 9.59 Å². The van der Waals surface area contributed by atoms with Crippen LogP contribution in [0.3, 0.4) is 0 Å². The predicted octanol–water partition coefficient (Wildman–Crippen LogP) is 3.36. The van der Waals surface area contributed by atoms with Crippen LogP contribution < -0.4 is 10.6 Å². The molecule has 2 rings (SSSR count). The molecule has 0 saturated carbocycles. The van der Waals surface area contributed by atoms with Crippen molar-refractivity contribution in [1.29, 1.82) is 5.26 Å². The fraction of sp³-hybridized carbons (Fsp3) is 0.167. The maximum Gasteiger partial charge on any atom is 0.251 e. The van der Waals surface area contributed by atoms with Crippen LogP contribution in [0.5, 0.6) is 0 Å². The summed E-state index contributed by atoms with van der Waals surface area (Å²) in [5.41, 5.74) is 1.49. The van der Waals surface area contributed by atoms with Crippen molar-refractivity contribution in [3.63, 3.8) is 0 Å². The van der Waals surface area contributed by atoms with Crippen molar-refractivity contribution in [1.82, 2.24) is 5.32 Å². The third-order valence-corrected chi connectivity index (χ3v) is 3.59. The Balaban J connectivity index is 1.73. The number of rotatable bonds is 6. The SMILES string of the molecule is N#Cc1ccc(NC(=O)CCCNC(=O)c2ccccc2)cc1Cl. The van der Waals surface area contributed by atoms with E-state index in [1.165, 1.54) is 6.07 Å². The highest BCUT2D eigenvalue weighted by molar-refractivity contribution is 6.32. The van der Waals surface area contributed by atoms with Crippen LogP contribution in [0.2, 0.25) is 5.02 Å². The van der Waals surface area contributed by atoms with E-state index in [2.05, 4.69) is 10.6 Å². The van der Waals surface area contributed by atoms with Crippen LogP contribution >= 0.6 is 11.6 Å². The van der Waals surface area contributed by atoms with E-state index in [-0.39, 0.29) is 18.2 Å². The molecule has 2 aromatic rings. The summed E-state index contributed by atoms with van der Waals surface area (Å²) >= 11 is 5.91. The minimum absolute atomic E-state index is 0.158. The van der Waals surface area contributed by atoms with Gasteiger partial charge in [0.15, 0.2) is 0 Å². The van der Waals surface area contributed by atoms with Crippen molar-refractivity contribution in [3.05, 3.63) is 64.7 Å². The molecule has 122 valence electrons. The molecule has 0 radical (unpaired) electrons.